The van der Waals surface area contributed by atoms with Gasteiger partial charge in [-0.05, 0) is 23.8 Å². The molecule has 1 aliphatic heterocycles. The van der Waals surface area contributed by atoms with E-state index < -0.39 is 6.43 Å². The lowest BCUT2D eigenvalue weighted by atomic mass is 9.99. The number of thioether (sulfide) groups is 1. The van der Waals surface area contributed by atoms with Crippen molar-refractivity contribution >= 4 is 11.8 Å². The van der Waals surface area contributed by atoms with Crippen LogP contribution in [0.1, 0.15) is 6.42 Å². The van der Waals surface area contributed by atoms with E-state index in [1.165, 1.54) is 0 Å². The van der Waals surface area contributed by atoms with Crippen LogP contribution in [0.2, 0.25) is 0 Å². The summed E-state index contributed by atoms with van der Waals surface area (Å²) in [5.74, 6) is 2.67. The molecular formula is C8H16F2N2S. The SMILES string of the molecule is NCC(NCC(F)F)C1CCSC1. The van der Waals surface area contributed by atoms with Crippen LogP contribution < -0.4 is 11.1 Å². The van der Waals surface area contributed by atoms with Gasteiger partial charge in [-0.2, -0.15) is 11.8 Å². The van der Waals surface area contributed by atoms with Crippen molar-refractivity contribution in [3.05, 3.63) is 0 Å². The molecule has 1 fully saturated rings. The smallest absolute Gasteiger partial charge is 0.250 e. The van der Waals surface area contributed by atoms with Gasteiger partial charge in [-0.1, -0.05) is 0 Å². The third-order valence-corrected chi connectivity index (χ3v) is 3.51. The van der Waals surface area contributed by atoms with E-state index in [0.29, 0.717) is 12.5 Å². The van der Waals surface area contributed by atoms with Gasteiger partial charge in [-0.3, -0.25) is 0 Å². The van der Waals surface area contributed by atoms with E-state index >= 15 is 0 Å². The second-order valence-electron chi connectivity index (χ2n) is 3.27. The Labute approximate surface area is 81.6 Å². The van der Waals surface area contributed by atoms with E-state index in [-0.39, 0.29) is 12.6 Å². The summed E-state index contributed by atoms with van der Waals surface area (Å²) >= 11 is 1.88. The number of rotatable bonds is 5. The molecule has 1 rings (SSSR count). The van der Waals surface area contributed by atoms with Crippen LogP contribution >= 0.6 is 11.8 Å². The first-order valence-electron chi connectivity index (χ1n) is 4.53. The van der Waals surface area contributed by atoms with Crippen molar-refractivity contribution in [3.8, 4) is 0 Å². The van der Waals surface area contributed by atoms with E-state index in [2.05, 4.69) is 5.32 Å². The van der Waals surface area contributed by atoms with E-state index in [4.69, 9.17) is 5.73 Å². The first kappa shape index (κ1) is 11.2. The number of nitrogens with one attached hydrogen (secondary N) is 1. The molecule has 13 heavy (non-hydrogen) atoms. The minimum absolute atomic E-state index is 0.0731. The molecule has 5 heteroatoms. The predicted molar refractivity (Wildman–Crippen MR) is 52.3 cm³/mol. The Hall–Kier alpha value is 0.130. The van der Waals surface area contributed by atoms with Crippen molar-refractivity contribution in [2.45, 2.75) is 18.9 Å². The molecule has 2 nitrogen and oxygen atoms in total. The van der Waals surface area contributed by atoms with Crippen molar-refractivity contribution in [1.82, 2.24) is 5.32 Å². The van der Waals surface area contributed by atoms with E-state index in [0.717, 1.165) is 17.9 Å². The molecular weight excluding hydrogens is 194 g/mol. The summed E-state index contributed by atoms with van der Waals surface area (Å²) in [6.07, 6.45) is -1.17. The fraction of sp³-hybridized carbons (Fsp3) is 1.00. The molecule has 0 aromatic heterocycles. The molecule has 78 valence electrons. The third-order valence-electron chi connectivity index (χ3n) is 2.32. The van der Waals surface area contributed by atoms with Crippen molar-refractivity contribution in [2.24, 2.45) is 11.7 Å². The van der Waals surface area contributed by atoms with E-state index in [1.807, 2.05) is 11.8 Å². The van der Waals surface area contributed by atoms with Gasteiger partial charge in [0.1, 0.15) is 0 Å². The predicted octanol–water partition coefficient (Wildman–Crippen LogP) is 0.921. The lowest BCUT2D eigenvalue weighted by molar-refractivity contribution is 0.138. The first-order valence-corrected chi connectivity index (χ1v) is 5.69. The quantitative estimate of drug-likeness (QED) is 0.708. The highest BCUT2D eigenvalue weighted by Crippen LogP contribution is 2.25. The maximum Gasteiger partial charge on any atom is 0.250 e. The Morgan fingerprint density at radius 1 is 1.54 bits per heavy atom. The van der Waals surface area contributed by atoms with Crippen molar-refractivity contribution in [1.29, 1.82) is 0 Å². The molecule has 0 bridgehead atoms. The Morgan fingerprint density at radius 3 is 2.77 bits per heavy atom. The normalized spacial score (nSPS) is 25.4. The second kappa shape index (κ2) is 5.78. The van der Waals surface area contributed by atoms with Crippen LogP contribution in [0.25, 0.3) is 0 Å². The van der Waals surface area contributed by atoms with E-state index in [9.17, 15) is 8.78 Å². The lowest BCUT2D eigenvalue weighted by Gasteiger charge is -2.22. The van der Waals surface area contributed by atoms with Crippen LogP contribution in [0, 0.1) is 5.92 Å². The molecule has 2 unspecified atom stereocenters. The molecule has 0 radical (unpaired) electrons. The molecule has 0 aromatic rings. The molecule has 1 saturated heterocycles. The average molecular weight is 210 g/mol. The number of halogens is 2. The van der Waals surface area contributed by atoms with Crippen molar-refractivity contribution in [2.75, 3.05) is 24.6 Å². The highest BCUT2D eigenvalue weighted by molar-refractivity contribution is 7.99. The third kappa shape index (κ3) is 3.79. The zero-order valence-electron chi connectivity index (χ0n) is 7.51. The van der Waals surface area contributed by atoms with Crippen LogP contribution in [0.5, 0.6) is 0 Å². The minimum Gasteiger partial charge on any atom is -0.329 e. The minimum atomic E-state index is -2.27. The van der Waals surface area contributed by atoms with Gasteiger partial charge in [-0.25, -0.2) is 8.78 Å². The highest BCUT2D eigenvalue weighted by atomic mass is 32.2. The summed E-state index contributed by atoms with van der Waals surface area (Å²) in [6, 6.07) is 0.0731. The Morgan fingerprint density at radius 2 is 2.31 bits per heavy atom. The molecule has 0 amide bonds. The Kier molecular flexibility index (Phi) is 4.98. The summed E-state index contributed by atoms with van der Waals surface area (Å²) in [4.78, 5) is 0. The Balaban J connectivity index is 2.24. The molecule has 1 aliphatic rings. The summed E-state index contributed by atoms with van der Waals surface area (Å²) in [6.45, 7) is 0.223. The maximum atomic E-state index is 11.9. The maximum absolute atomic E-state index is 11.9. The first-order chi connectivity index (χ1) is 6.24. The van der Waals surface area contributed by atoms with Crippen LogP contribution in [-0.2, 0) is 0 Å². The number of hydrogen-bond acceptors (Lipinski definition) is 3. The molecule has 0 aromatic carbocycles. The summed E-state index contributed by atoms with van der Waals surface area (Å²) in [7, 11) is 0. The van der Waals surface area contributed by atoms with Crippen LogP contribution in [-0.4, -0.2) is 37.1 Å². The standard InChI is InChI=1S/C8H16F2N2S/c9-8(10)4-12-7(3-11)6-1-2-13-5-6/h6-8,12H,1-5,11H2. The molecule has 0 spiro atoms. The van der Waals surface area contributed by atoms with Gasteiger partial charge < -0.3 is 11.1 Å². The summed E-state index contributed by atoms with van der Waals surface area (Å²) in [5, 5.41) is 2.82. The summed E-state index contributed by atoms with van der Waals surface area (Å²) in [5.41, 5.74) is 5.52. The fourth-order valence-corrected chi connectivity index (χ4v) is 2.89. The van der Waals surface area contributed by atoms with Crippen LogP contribution in [0.4, 0.5) is 8.78 Å². The zero-order chi connectivity index (χ0) is 9.68. The molecule has 3 N–H and O–H groups in total. The van der Waals surface area contributed by atoms with Crippen LogP contribution in [0.3, 0.4) is 0 Å². The number of alkyl halides is 2. The van der Waals surface area contributed by atoms with Gasteiger partial charge in [0.2, 0.25) is 0 Å². The topological polar surface area (TPSA) is 38.0 Å². The zero-order valence-corrected chi connectivity index (χ0v) is 8.33. The molecule has 1 heterocycles. The van der Waals surface area contributed by atoms with Gasteiger partial charge in [-0.15, -0.1) is 0 Å². The van der Waals surface area contributed by atoms with Gasteiger partial charge in [0.05, 0.1) is 6.54 Å². The van der Waals surface area contributed by atoms with Crippen molar-refractivity contribution in [3.63, 3.8) is 0 Å². The second-order valence-corrected chi connectivity index (χ2v) is 4.42. The molecule has 0 saturated carbocycles. The molecule has 2 atom stereocenters. The van der Waals surface area contributed by atoms with Gasteiger partial charge in [0.25, 0.3) is 6.43 Å². The average Bonchev–Trinajstić information content (AvgIpc) is 2.58. The Bertz CT molecular complexity index is 140. The monoisotopic (exact) mass is 210 g/mol. The van der Waals surface area contributed by atoms with Gasteiger partial charge >= 0.3 is 0 Å². The van der Waals surface area contributed by atoms with Crippen LogP contribution in [0.15, 0.2) is 0 Å². The molecule has 0 aliphatic carbocycles. The fourth-order valence-electron chi connectivity index (χ4n) is 1.55. The largest absolute Gasteiger partial charge is 0.329 e. The summed E-state index contributed by atoms with van der Waals surface area (Å²) < 4.78 is 23.8. The van der Waals surface area contributed by atoms with Gasteiger partial charge in [0.15, 0.2) is 0 Å². The highest BCUT2D eigenvalue weighted by Gasteiger charge is 2.24. The number of hydrogen-bond donors (Lipinski definition) is 2. The van der Waals surface area contributed by atoms with E-state index in [1.54, 1.807) is 0 Å². The number of nitrogens with two attached hydrogens (primary N) is 1. The lowest BCUT2D eigenvalue weighted by Crippen LogP contribution is -2.44. The van der Waals surface area contributed by atoms with Crippen molar-refractivity contribution < 1.29 is 8.78 Å². The van der Waals surface area contributed by atoms with Gasteiger partial charge in [0, 0.05) is 12.6 Å².